The molecule has 0 unspecified atom stereocenters. The van der Waals surface area contributed by atoms with Gasteiger partial charge >= 0.3 is 0 Å². The fourth-order valence-corrected chi connectivity index (χ4v) is 3.33. The maximum Gasteiger partial charge on any atom is 0.233 e. The summed E-state index contributed by atoms with van der Waals surface area (Å²) in [5, 5.41) is 7.60. The third-order valence-electron chi connectivity index (χ3n) is 4.47. The Hall–Kier alpha value is -1.33. The molecule has 1 aromatic carbocycles. The molecule has 5 heteroatoms. The normalized spacial score (nSPS) is 17.8. The summed E-state index contributed by atoms with van der Waals surface area (Å²) in [6.45, 7) is 4.25. The zero-order valence-electron chi connectivity index (χ0n) is 12.6. The Kier molecular flexibility index (Phi) is 4.31. The first-order valence-corrected chi connectivity index (χ1v) is 8.69. The molecule has 21 heavy (non-hydrogen) atoms. The monoisotopic (exact) mass is 303 g/mol. The number of hydrogen-bond donors (Lipinski definition) is 1. The fraction of sp³-hybridized carbons (Fsp3) is 0.500. The molecule has 112 valence electrons. The van der Waals surface area contributed by atoms with E-state index in [1.807, 2.05) is 0 Å². The lowest BCUT2D eigenvalue weighted by atomic mass is 9.76. The number of nitrogens with zero attached hydrogens (tertiary/aromatic N) is 2. The van der Waals surface area contributed by atoms with Crippen LogP contribution in [0.2, 0.25) is 0 Å². The Balaban J connectivity index is 1.87. The van der Waals surface area contributed by atoms with Gasteiger partial charge in [0.05, 0.1) is 5.41 Å². The van der Waals surface area contributed by atoms with E-state index in [1.54, 1.807) is 11.8 Å². The molecule has 1 aliphatic heterocycles. The number of nitrogens with one attached hydrogen (secondary N) is 1. The minimum absolute atomic E-state index is 0.0513. The van der Waals surface area contributed by atoms with Crippen LogP contribution in [0.25, 0.3) is 11.4 Å². The first kappa shape index (κ1) is 14.6. The summed E-state index contributed by atoms with van der Waals surface area (Å²) in [6, 6.07) is 8.30. The van der Waals surface area contributed by atoms with Crippen LogP contribution in [0.1, 0.15) is 32.1 Å². The Morgan fingerprint density at radius 1 is 1.24 bits per heavy atom. The predicted molar refractivity (Wildman–Crippen MR) is 85.6 cm³/mol. The van der Waals surface area contributed by atoms with E-state index >= 15 is 0 Å². The summed E-state index contributed by atoms with van der Waals surface area (Å²) in [7, 11) is 0. The summed E-state index contributed by atoms with van der Waals surface area (Å²) in [5.41, 5.74) is 1.07. The average molecular weight is 303 g/mol. The maximum atomic E-state index is 5.62. The molecule has 1 saturated heterocycles. The molecule has 2 aromatic rings. The molecular formula is C16H21N3OS. The zero-order chi connectivity index (χ0) is 14.7. The molecule has 1 aliphatic rings. The summed E-state index contributed by atoms with van der Waals surface area (Å²) in [4.78, 5) is 5.93. The van der Waals surface area contributed by atoms with Gasteiger partial charge in [0.25, 0.3) is 0 Å². The molecule has 0 atom stereocenters. The van der Waals surface area contributed by atoms with Crippen molar-refractivity contribution in [1.82, 2.24) is 15.5 Å². The molecule has 2 heterocycles. The molecule has 0 radical (unpaired) electrons. The Morgan fingerprint density at radius 2 is 1.95 bits per heavy atom. The van der Waals surface area contributed by atoms with E-state index in [4.69, 9.17) is 9.51 Å². The second-order valence-corrected chi connectivity index (χ2v) is 6.42. The van der Waals surface area contributed by atoms with E-state index in [0.29, 0.717) is 5.82 Å². The highest BCUT2D eigenvalue weighted by atomic mass is 32.2. The molecule has 0 amide bonds. The lowest BCUT2D eigenvalue weighted by molar-refractivity contribution is 0.216. The number of aromatic nitrogens is 2. The SMILES string of the molecule is CCC1(c2nc(-c3ccc(SC)cc3)no2)CCNCC1. The molecule has 1 fully saturated rings. The van der Waals surface area contributed by atoms with Crippen molar-refractivity contribution in [2.75, 3.05) is 19.3 Å². The van der Waals surface area contributed by atoms with Crippen molar-refractivity contribution in [2.45, 2.75) is 36.5 Å². The van der Waals surface area contributed by atoms with Crippen molar-refractivity contribution in [3.63, 3.8) is 0 Å². The van der Waals surface area contributed by atoms with Crippen molar-refractivity contribution in [2.24, 2.45) is 0 Å². The summed E-state index contributed by atoms with van der Waals surface area (Å²) in [5.74, 6) is 1.50. The van der Waals surface area contributed by atoms with Crippen LogP contribution < -0.4 is 5.32 Å². The van der Waals surface area contributed by atoms with Crippen LogP contribution in [0.3, 0.4) is 0 Å². The average Bonchev–Trinajstić information content (AvgIpc) is 3.06. The van der Waals surface area contributed by atoms with Gasteiger partial charge in [-0.1, -0.05) is 12.1 Å². The quantitative estimate of drug-likeness (QED) is 0.876. The third-order valence-corrected chi connectivity index (χ3v) is 5.21. The lowest BCUT2D eigenvalue weighted by Gasteiger charge is -2.33. The zero-order valence-corrected chi connectivity index (χ0v) is 13.4. The number of piperidine rings is 1. The maximum absolute atomic E-state index is 5.62. The first-order chi connectivity index (χ1) is 10.3. The van der Waals surface area contributed by atoms with E-state index in [-0.39, 0.29) is 5.41 Å². The molecular weight excluding hydrogens is 282 g/mol. The van der Waals surface area contributed by atoms with Crippen molar-refractivity contribution in [3.05, 3.63) is 30.2 Å². The standard InChI is InChI=1S/C16H21N3OS/c1-3-16(8-10-17-11-9-16)15-18-14(19-20-15)12-4-6-13(21-2)7-5-12/h4-7,17H,3,8-11H2,1-2H3. The molecule has 4 nitrogen and oxygen atoms in total. The molecule has 1 N–H and O–H groups in total. The number of benzene rings is 1. The molecule has 1 aromatic heterocycles. The first-order valence-electron chi connectivity index (χ1n) is 7.47. The fourth-order valence-electron chi connectivity index (χ4n) is 2.92. The number of thioether (sulfide) groups is 1. The summed E-state index contributed by atoms with van der Waals surface area (Å²) in [6.07, 6.45) is 5.25. The van der Waals surface area contributed by atoms with E-state index in [9.17, 15) is 0 Å². The minimum atomic E-state index is 0.0513. The minimum Gasteiger partial charge on any atom is -0.338 e. The lowest BCUT2D eigenvalue weighted by Crippen LogP contribution is -2.39. The Bertz CT molecular complexity index is 588. The molecule has 0 spiro atoms. The van der Waals surface area contributed by atoms with Gasteiger partial charge in [0, 0.05) is 10.5 Å². The number of hydrogen-bond acceptors (Lipinski definition) is 5. The van der Waals surface area contributed by atoms with Gasteiger partial charge in [-0.2, -0.15) is 4.98 Å². The van der Waals surface area contributed by atoms with Crippen LogP contribution in [-0.2, 0) is 5.41 Å². The highest BCUT2D eigenvalue weighted by molar-refractivity contribution is 7.98. The van der Waals surface area contributed by atoms with Crippen LogP contribution in [0.5, 0.6) is 0 Å². The molecule has 3 rings (SSSR count). The van der Waals surface area contributed by atoms with E-state index < -0.39 is 0 Å². The highest BCUT2D eigenvalue weighted by Crippen LogP contribution is 2.36. The Labute approximate surface area is 129 Å². The van der Waals surface area contributed by atoms with Crippen LogP contribution >= 0.6 is 11.8 Å². The van der Waals surface area contributed by atoms with Crippen LogP contribution in [-0.4, -0.2) is 29.5 Å². The summed E-state index contributed by atoms with van der Waals surface area (Å²) < 4.78 is 5.62. The second-order valence-electron chi connectivity index (χ2n) is 5.54. The number of rotatable bonds is 4. The van der Waals surface area contributed by atoms with Gasteiger partial charge in [0.1, 0.15) is 0 Å². The highest BCUT2D eigenvalue weighted by Gasteiger charge is 2.37. The van der Waals surface area contributed by atoms with Crippen LogP contribution in [0.4, 0.5) is 0 Å². The van der Waals surface area contributed by atoms with Crippen molar-refractivity contribution in [1.29, 1.82) is 0 Å². The smallest absolute Gasteiger partial charge is 0.233 e. The molecule has 0 bridgehead atoms. The van der Waals surface area contributed by atoms with Crippen molar-refractivity contribution in [3.8, 4) is 11.4 Å². The van der Waals surface area contributed by atoms with Crippen LogP contribution in [0.15, 0.2) is 33.7 Å². The van der Waals surface area contributed by atoms with Gasteiger partial charge in [-0.15, -0.1) is 11.8 Å². The largest absolute Gasteiger partial charge is 0.338 e. The second kappa shape index (κ2) is 6.20. The van der Waals surface area contributed by atoms with E-state index in [1.165, 1.54) is 4.90 Å². The van der Waals surface area contributed by atoms with Gasteiger partial charge in [-0.05, 0) is 62.9 Å². The van der Waals surface area contributed by atoms with Crippen LogP contribution in [0, 0.1) is 0 Å². The van der Waals surface area contributed by atoms with Gasteiger partial charge in [0.15, 0.2) is 0 Å². The topological polar surface area (TPSA) is 51.0 Å². The van der Waals surface area contributed by atoms with Gasteiger partial charge < -0.3 is 9.84 Å². The predicted octanol–water partition coefficient (Wildman–Crippen LogP) is 3.49. The van der Waals surface area contributed by atoms with Gasteiger partial charge in [-0.25, -0.2) is 0 Å². The molecule has 0 aliphatic carbocycles. The van der Waals surface area contributed by atoms with E-state index in [0.717, 1.165) is 43.8 Å². The third kappa shape index (κ3) is 2.85. The van der Waals surface area contributed by atoms with E-state index in [2.05, 4.69) is 47.9 Å². The van der Waals surface area contributed by atoms with Gasteiger partial charge in [0.2, 0.25) is 11.7 Å². The Morgan fingerprint density at radius 3 is 2.57 bits per heavy atom. The van der Waals surface area contributed by atoms with Crippen molar-refractivity contribution >= 4 is 11.8 Å². The summed E-state index contributed by atoms with van der Waals surface area (Å²) >= 11 is 1.73. The van der Waals surface area contributed by atoms with Gasteiger partial charge in [-0.3, -0.25) is 0 Å². The van der Waals surface area contributed by atoms with Crippen molar-refractivity contribution < 1.29 is 4.52 Å². The molecule has 0 saturated carbocycles.